The van der Waals surface area contributed by atoms with Gasteiger partial charge in [-0.2, -0.15) is 0 Å². The van der Waals surface area contributed by atoms with Crippen molar-refractivity contribution in [3.05, 3.63) is 132 Å². The monoisotopic (exact) mass is 750 g/mol. The number of imidazole rings is 1. The number of para-hydroxylation sites is 2. The van der Waals surface area contributed by atoms with Gasteiger partial charge in [-0.25, -0.2) is 4.98 Å². The molecular formula is C39H46HfN4. The van der Waals surface area contributed by atoms with Gasteiger partial charge in [-0.1, -0.05) is 129 Å². The third-order valence-electron chi connectivity index (χ3n) is 8.55. The van der Waals surface area contributed by atoms with E-state index in [0.29, 0.717) is 11.8 Å². The van der Waals surface area contributed by atoms with E-state index in [4.69, 9.17) is 15.6 Å². The summed E-state index contributed by atoms with van der Waals surface area (Å²) in [7, 11) is 2.14. The van der Waals surface area contributed by atoms with Crippen molar-refractivity contribution in [1.82, 2.24) is 9.55 Å². The normalized spacial score (nSPS) is 13.7. The number of rotatable bonds is 7. The summed E-state index contributed by atoms with van der Waals surface area (Å²) in [6.07, 6.45) is 2.06. The van der Waals surface area contributed by atoms with E-state index in [9.17, 15) is 0 Å². The van der Waals surface area contributed by atoms with Gasteiger partial charge in [0.15, 0.2) is 0 Å². The van der Waals surface area contributed by atoms with Gasteiger partial charge in [-0.05, 0) is 49.3 Å². The minimum absolute atomic E-state index is 0. The fourth-order valence-electron chi connectivity index (χ4n) is 6.35. The van der Waals surface area contributed by atoms with E-state index in [2.05, 4.69) is 126 Å². The molecule has 44 heavy (non-hydrogen) atoms. The maximum absolute atomic E-state index is 5.38. The summed E-state index contributed by atoms with van der Waals surface area (Å²) in [5, 5.41) is 10.6. The smallest absolute Gasteiger partial charge is 0.678 e. The summed E-state index contributed by atoms with van der Waals surface area (Å²) in [5.74, 6) is 1.74. The number of aromatic nitrogens is 2. The minimum Gasteiger partial charge on any atom is -0.678 e. The molecule has 1 aliphatic rings. The molecule has 1 aliphatic carbocycles. The molecule has 1 unspecified atom stereocenters. The molecule has 4 aromatic carbocycles. The Morgan fingerprint density at radius 2 is 1.48 bits per heavy atom. The van der Waals surface area contributed by atoms with Crippen molar-refractivity contribution < 1.29 is 25.8 Å². The summed E-state index contributed by atoms with van der Waals surface area (Å²) >= 11 is 0. The van der Waals surface area contributed by atoms with E-state index in [1.807, 2.05) is 0 Å². The molecule has 6 rings (SSSR count). The first-order valence-corrected chi connectivity index (χ1v) is 14.9. The van der Waals surface area contributed by atoms with Crippen LogP contribution in [0.3, 0.4) is 0 Å². The summed E-state index contributed by atoms with van der Waals surface area (Å²) in [4.78, 5) is 5.33. The molecule has 0 aliphatic heterocycles. The van der Waals surface area contributed by atoms with Gasteiger partial charge in [0, 0.05) is 12.6 Å². The Hall–Kier alpha value is -3.18. The molecule has 5 heteroatoms. The first-order valence-electron chi connectivity index (χ1n) is 14.9. The van der Waals surface area contributed by atoms with Gasteiger partial charge >= 0.3 is 25.8 Å². The van der Waals surface area contributed by atoms with Crippen LogP contribution in [0.4, 0.5) is 17.1 Å². The number of nitrogens with zero attached hydrogens (tertiary/aromatic N) is 4. The van der Waals surface area contributed by atoms with Crippen LogP contribution in [-0.2, 0) is 39.3 Å². The molecule has 226 valence electrons. The van der Waals surface area contributed by atoms with E-state index in [1.165, 1.54) is 38.9 Å². The number of benzene rings is 4. The molecule has 0 amide bonds. The Bertz CT molecular complexity index is 1720. The van der Waals surface area contributed by atoms with Gasteiger partial charge in [0.05, 0.1) is 11.0 Å². The summed E-state index contributed by atoms with van der Waals surface area (Å²) in [6, 6.07) is 26.2. The van der Waals surface area contributed by atoms with Crippen LogP contribution in [0.1, 0.15) is 85.4 Å². The molecule has 1 atom stereocenters. The fraction of sp³-hybridized carbons (Fsp3) is 0.308. The molecule has 5 aromatic rings. The zero-order chi connectivity index (χ0) is 28.8. The van der Waals surface area contributed by atoms with Crippen molar-refractivity contribution in [1.29, 1.82) is 0 Å². The molecule has 0 radical (unpaired) electrons. The maximum atomic E-state index is 5.38. The first kappa shape index (κ1) is 35.3. The molecule has 0 saturated carbocycles. The van der Waals surface area contributed by atoms with E-state index in [0.717, 1.165) is 46.8 Å². The topological polar surface area (TPSA) is 46.0 Å². The Morgan fingerprint density at radius 1 is 0.818 bits per heavy atom. The average Bonchev–Trinajstić information content (AvgIpc) is 3.51. The van der Waals surface area contributed by atoms with Crippen LogP contribution < -0.4 is 0 Å². The van der Waals surface area contributed by atoms with Crippen molar-refractivity contribution in [3.63, 3.8) is 0 Å². The van der Waals surface area contributed by atoms with Gasteiger partial charge in [-0.3, -0.25) is 0 Å². The largest absolute Gasteiger partial charge is 4.00 e. The van der Waals surface area contributed by atoms with E-state index < -0.39 is 0 Å². The second kappa shape index (κ2) is 14.3. The van der Waals surface area contributed by atoms with Crippen LogP contribution in [-0.4, -0.2) is 9.55 Å². The number of aryl methyl sites for hydroxylation is 4. The molecule has 0 N–H and O–H groups in total. The van der Waals surface area contributed by atoms with Crippen LogP contribution in [0.15, 0.2) is 72.8 Å². The van der Waals surface area contributed by atoms with Gasteiger partial charge in [-0.15, -0.1) is 17.1 Å². The second-order valence-electron chi connectivity index (χ2n) is 12.2. The van der Waals surface area contributed by atoms with Crippen LogP contribution in [0, 0.1) is 28.7 Å². The van der Waals surface area contributed by atoms with E-state index >= 15 is 0 Å². The van der Waals surface area contributed by atoms with Gasteiger partial charge in [0.25, 0.3) is 0 Å². The molecular weight excluding hydrogens is 703 g/mol. The molecule has 0 saturated heterocycles. The van der Waals surface area contributed by atoms with E-state index in [1.54, 1.807) is 0 Å². The first-order chi connectivity index (χ1) is 19.7. The standard InChI is InChI=1S/C37H40N4.2CH3.Hf/c1-22(2)27-14-11-15-28(23(3)4)35(27)39-32-20-24(5)21-33-36(32)40-37(41(33)7)29-16-10-13-26-18-19-31(34(26)29)38-30-17-9-8-12-25(30)6;;;/h8-17,20-23,31H,18-19H2,1-7H3;2*1H3;/q-2;2*-1;+4. The van der Waals surface area contributed by atoms with Crippen molar-refractivity contribution in [3.8, 4) is 11.4 Å². The van der Waals surface area contributed by atoms with Gasteiger partial charge in [0.1, 0.15) is 5.82 Å². The second-order valence-corrected chi connectivity index (χ2v) is 12.2. The average molecular weight is 749 g/mol. The van der Waals surface area contributed by atoms with Crippen LogP contribution in [0.25, 0.3) is 33.1 Å². The zero-order valence-electron chi connectivity index (χ0n) is 27.9. The van der Waals surface area contributed by atoms with Crippen LogP contribution >= 0.6 is 0 Å². The van der Waals surface area contributed by atoms with Crippen molar-refractivity contribution in [2.24, 2.45) is 7.05 Å². The summed E-state index contributed by atoms with van der Waals surface area (Å²) in [5.41, 5.74) is 14.0. The SMILES string of the molecule is Cc1cc([N-]c2c(C(C)C)cccc2C(C)C)c2nc(-c3cccc4c3C([N-]c3ccccc3C)CC4)n(C)c2c1.[CH3-].[CH3-].[Hf+4]. The maximum Gasteiger partial charge on any atom is 4.00 e. The molecule has 1 aromatic heterocycles. The van der Waals surface area contributed by atoms with E-state index in [-0.39, 0.29) is 46.7 Å². The molecule has 1 heterocycles. The number of fused-ring (bicyclic) bond motifs is 2. The molecule has 0 fully saturated rings. The Balaban J connectivity index is 0.00000176. The molecule has 4 nitrogen and oxygen atoms in total. The van der Waals surface area contributed by atoms with Gasteiger partial charge < -0.3 is 30.1 Å². The molecule has 0 bridgehead atoms. The number of hydrogen-bond acceptors (Lipinski definition) is 1. The Morgan fingerprint density at radius 3 is 2.14 bits per heavy atom. The van der Waals surface area contributed by atoms with Crippen molar-refractivity contribution in [2.75, 3.05) is 0 Å². The fourth-order valence-corrected chi connectivity index (χ4v) is 6.35. The Labute approximate surface area is 284 Å². The van der Waals surface area contributed by atoms with Crippen molar-refractivity contribution >= 4 is 28.1 Å². The van der Waals surface area contributed by atoms with Gasteiger partial charge in [0.2, 0.25) is 0 Å². The minimum atomic E-state index is 0. The van der Waals surface area contributed by atoms with Crippen LogP contribution in [0.5, 0.6) is 0 Å². The van der Waals surface area contributed by atoms with Crippen molar-refractivity contribution in [2.45, 2.75) is 72.3 Å². The Kier molecular flexibility index (Phi) is 11.5. The third kappa shape index (κ3) is 6.44. The predicted molar refractivity (Wildman–Crippen MR) is 186 cm³/mol. The summed E-state index contributed by atoms with van der Waals surface area (Å²) in [6.45, 7) is 13.3. The number of hydrogen-bond donors (Lipinski definition) is 0. The quantitative estimate of drug-likeness (QED) is 0.121. The van der Waals surface area contributed by atoms with Crippen LogP contribution in [0.2, 0.25) is 0 Å². The predicted octanol–water partition coefficient (Wildman–Crippen LogP) is 12.0. The summed E-state index contributed by atoms with van der Waals surface area (Å²) < 4.78 is 2.25. The third-order valence-corrected chi connectivity index (χ3v) is 8.55. The zero-order valence-corrected chi connectivity index (χ0v) is 31.5. The molecule has 0 spiro atoms.